The van der Waals surface area contributed by atoms with Crippen LogP contribution in [0.25, 0.3) is 0 Å². The highest BCUT2D eigenvalue weighted by Crippen LogP contribution is 2.05. The van der Waals surface area contributed by atoms with Gasteiger partial charge in [-0.3, -0.25) is 0 Å². The topological polar surface area (TPSA) is 87.0 Å². The van der Waals surface area contributed by atoms with E-state index in [0.717, 1.165) is 0 Å². The number of aliphatic hydroxyl groups excluding tert-OH is 2. The quantitative estimate of drug-likeness (QED) is 0.394. The maximum atomic E-state index is 10.7. The predicted octanol–water partition coefficient (Wildman–Crippen LogP) is -0.753. The van der Waals surface area contributed by atoms with E-state index in [1.54, 1.807) is 6.92 Å². The van der Waals surface area contributed by atoms with E-state index in [1.807, 2.05) is 0 Å². The fourth-order valence-corrected chi connectivity index (χ4v) is 0.615. The van der Waals surface area contributed by atoms with E-state index >= 15 is 0 Å². The van der Waals surface area contributed by atoms with Gasteiger partial charge in [0.1, 0.15) is 6.10 Å². The zero-order valence-corrected chi connectivity index (χ0v) is 7.80. The van der Waals surface area contributed by atoms with Crippen molar-refractivity contribution in [2.24, 2.45) is 5.92 Å². The summed E-state index contributed by atoms with van der Waals surface area (Å²) in [6.45, 7) is 3.02. The third-order valence-electron chi connectivity index (χ3n) is 1.67. The molecule has 0 saturated heterocycles. The molecular weight excluding hydrogens is 176 g/mol. The first kappa shape index (κ1) is 12.3. The Labute approximate surface area is 77.0 Å². The van der Waals surface area contributed by atoms with Crippen LogP contribution >= 0.6 is 0 Å². The van der Waals surface area contributed by atoms with Crippen LogP contribution in [0.4, 0.5) is 0 Å². The molecule has 0 radical (unpaired) electrons. The summed E-state index contributed by atoms with van der Waals surface area (Å²) in [5.74, 6) is -1.04. The second-order valence-electron chi connectivity index (χ2n) is 3.02. The van der Waals surface area contributed by atoms with E-state index in [-0.39, 0.29) is 12.5 Å². The molecule has 0 saturated carbocycles. The van der Waals surface area contributed by atoms with E-state index in [0.29, 0.717) is 6.42 Å². The standard InChI is InChI=1S/C8H16O5/c1-5(7(10)11)3-4-13-8(12)6(2)9/h5-7,9-11H,3-4H2,1-2H3. The minimum absolute atomic E-state index is 0.0858. The lowest BCUT2D eigenvalue weighted by atomic mass is 10.1. The van der Waals surface area contributed by atoms with Crippen molar-refractivity contribution in [3.63, 3.8) is 0 Å². The Kier molecular flexibility index (Phi) is 5.61. The molecule has 0 aromatic heterocycles. The lowest BCUT2D eigenvalue weighted by Gasteiger charge is -2.13. The minimum Gasteiger partial charge on any atom is -0.464 e. The van der Waals surface area contributed by atoms with Gasteiger partial charge in [0.25, 0.3) is 0 Å². The molecule has 3 N–H and O–H groups in total. The van der Waals surface area contributed by atoms with E-state index in [2.05, 4.69) is 4.74 Å². The molecule has 78 valence electrons. The fraction of sp³-hybridized carbons (Fsp3) is 0.875. The molecule has 2 atom stereocenters. The number of carbonyl (C=O) groups is 1. The van der Waals surface area contributed by atoms with Crippen molar-refractivity contribution >= 4 is 5.97 Å². The van der Waals surface area contributed by atoms with Crippen LogP contribution in [0.2, 0.25) is 0 Å². The smallest absolute Gasteiger partial charge is 0.334 e. The van der Waals surface area contributed by atoms with Crippen LogP contribution in [0, 0.1) is 5.92 Å². The third-order valence-corrected chi connectivity index (χ3v) is 1.67. The first-order valence-corrected chi connectivity index (χ1v) is 4.16. The molecule has 0 heterocycles. The van der Waals surface area contributed by atoms with Gasteiger partial charge in [-0.15, -0.1) is 0 Å². The molecule has 0 bridgehead atoms. The lowest BCUT2D eigenvalue weighted by Crippen LogP contribution is -2.23. The van der Waals surface area contributed by atoms with Crippen molar-refractivity contribution in [2.45, 2.75) is 32.7 Å². The Morgan fingerprint density at radius 3 is 2.23 bits per heavy atom. The molecule has 0 aliphatic rings. The Hall–Kier alpha value is -0.650. The van der Waals surface area contributed by atoms with Gasteiger partial charge < -0.3 is 20.1 Å². The highest BCUT2D eigenvalue weighted by molar-refractivity contribution is 5.73. The number of hydrogen-bond acceptors (Lipinski definition) is 5. The van der Waals surface area contributed by atoms with Crippen LogP contribution in [0.15, 0.2) is 0 Å². The number of carbonyl (C=O) groups excluding carboxylic acids is 1. The second-order valence-corrected chi connectivity index (χ2v) is 3.02. The van der Waals surface area contributed by atoms with Gasteiger partial charge in [0, 0.05) is 5.92 Å². The molecule has 5 heteroatoms. The van der Waals surface area contributed by atoms with Crippen LogP contribution in [-0.4, -0.2) is 40.3 Å². The maximum absolute atomic E-state index is 10.7. The largest absolute Gasteiger partial charge is 0.464 e. The molecule has 0 aromatic carbocycles. The summed E-state index contributed by atoms with van der Waals surface area (Å²) in [7, 11) is 0. The molecule has 0 aliphatic carbocycles. The highest BCUT2D eigenvalue weighted by atomic mass is 16.5. The van der Waals surface area contributed by atoms with Gasteiger partial charge >= 0.3 is 5.97 Å². The first-order valence-electron chi connectivity index (χ1n) is 4.16. The van der Waals surface area contributed by atoms with Crippen molar-refractivity contribution < 1.29 is 24.9 Å². The van der Waals surface area contributed by atoms with Crippen molar-refractivity contribution in [3.8, 4) is 0 Å². The number of esters is 1. The molecule has 5 nitrogen and oxygen atoms in total. The molecule has 13 heavy (non-hydrogen) atoms. The van der Waals surface area contributed by atoms with Crippen molar-refractivity contribution in [3.05, 3.63) is 0 Å². The Balaban J connectivity index is 3.51. The number of aliphatic hydroxyl groups is 3. The van der Waals surface area contributed by atoms with Gasteiger partial charge in [0.05, 0.1) is 6.61 Å². The van der Waals surface area contributed by atoms with Gasteiger partial charge in [-0.05, 0) is 13.3 Å². The Morgan fingerprint density at radius 1 is 1.31 bits per heavy atom. The SMILES string of the molecule is CC(O)C(=O)OCCC(C)C(O)O. The van der Waals surface area contributed by atoms with Crippen LogP contribution in [0.3, 0.4) is 0 Å². The van der Waals surface area contributed by atoms with E-state index in [4.69, 9.17) is 15.3 Å². The average molecular weight is 192 g/mol. The average Bonchev–Trinajstić information content (AvgIpc) is 2.03. The lowest BCUT2D eigenvalue weighted by molar-refractivity contribution is -0.154. The van der Waals surface area contributed by atoms with Gasteiger partial charge in [-0.1, -0.05) is 6.92 Å². The Bertz CT molecular complexity index is 155. The van der Waals surface area contributed by atoms with Crippen LogP contribution in [0.5, 0.6) is 0 Å². The van der Waals surface area contributed by atoms with Gasteiger partial charge in [0.15, 0.2) is 6.29 Å². The van der Waals surface area contributed by atoms with Crippen molar-refractivity contribution in [2.75, 3.05) is 6.61 Å². The zero-order valence-electron chi connectivity index (χ0n) is 7.80. The molecular formula is C8H16O5. The van der Waals surface area contributed by atoms with Crippen molar-refractivity contribution in [1.29, 1.82) is 0 Å². The van der Waals surface area contributed by atoms with Crippen LogP contribution in [0.1, 0.15) is 20.3 Å². The van der Waals surface area contributed by atoms with Gasteiger partial charge in [-0.2, -0.15) is 0 Å². The fourth-order valence-electron chi connectivity index (χ4n) is 0.615. The summed E-state index contributed by atoms with van der Waals surface area (Å²) >= 11 is 0. The molecule has 0 fully saturated rings. The molecule has 0 aliphatic heterocycles. The van der Waals surface area contributed by atoms with Crippen molar-refractivity contribution in [1.82, 2.24) is 0 Å². The number of rotatable bonds is 5. The summed E-state index contributed by atoms with van der Waals surface area (Å²) in [4.78, 5) is 10.7. The molecule has 0 aromatic rings. The van der Waals surface area contributed by atoms with E-state index < -0.39 is 18.4 Å². The monoisotopic (exact) mass is 192 g/mol. The zero-order chi connectivity index (χ0) is 10.4. The molecule has 0 amide bonds. The number of ether oxygens (including phenoxy) is 1. The normalized spacial score (nSPS) is 15.5. The van der Waals surface area contributed by atoms with E-state index in [1.165, 1.54) is 6.92 Å². The van der Waals surface area contributed by atoms with Gasteiger partial charge in [-0.25, -0.2) is 4.79 Å². The summed E-state index contributed by atoms with van der Waals surface area (Å²) in [5.41, 5.74) is 0. The number of hydrogen-bond donors (Lipinski definition) is 3. The summed E-state index contributed by atoms with van der Waals surface area (Å²) in [5, 5.41) is 26.0. The maximum Gasteiger partial charge on any atom is 0.334 e. The van der Waals surface area contributed by atoms with Crippen LogP contribution in [-0.2, 0) is 9.53 Å². The Morgan fingerprint density at radius 2 is 1.85 bits per heavy atom. The predicted molar refractivity (Wildman–Crippen MR) is 44.6 cm³/mol. The molecule has 0 rings (SSSR count). The highest BCUT2D eigenvalue weighted by Gasteiger charge is 2.13. The first-order chi connectivity index (χ1) is 5.95. The third kappa shape index (κ3) is 5.57. The summed E-state index contributed by atoms with van der Waals surface area (Å²) in [6, 6.07) is 0. The second kappa shape index (κ2) is 5.90. The molecule has 2 unspecified atom stereocenters. The minimum atomic E-state index is -1.40. The summed E-state index contributed by atoms with van der Waals surface area (Å²) in [6.07, 6.45) is -2.17. The summed E-state index contributed by atoms with van der Waals surface area (Å²) < 4.78 is 4.61. The van der Waals surface area contributed by atoms with E-state index in [9.17, 15) is 4.79 Å². The molecule has 0 spiro atoms. The van der Waals surface area contributed by atoms with Gasteiger partial charge in [0.2, 0.25) is 0 Å². The van der Waals surface area contributed by atoms with Crippen LogP contribution < -0.4 is 0 Å².